The maximum absolute atomic E-state index is 2.35. The highest BCUT2D eigenvalue weighted by molar-refractivity contribution is 5.79. The van der Waals surface area contributed by atoms with Crippen molar-refractivity contribution in [3.05, 3.63) is 58.1 Å². The summed E-state index contributed by atoms with van der Waals surface area (Å²) in [5, 5.41) is 0. The third kappa shape index (κ3) is 1.16. The van der Waals surface area contributed by atoms with Gasteiger partial charge >= 0.3 is 0 Å². The molecule has 16 heavy (non-hydrogen) atoms. The molecular formula is C16H16. The quantitative estimate of drug-likeness (QED) is 0.520. The summed E-state index contributed by atoms with van der Waals surface area (Å²) < 4.78 is 0. The molecule has 0 radical (unpaired) electrons. The summed E-state index contributed by atoms with van der Waals surface area (Å²) in [6.45, 7) is 6.70. The summed E-state index contributed by atoms with van der Waals surface area (Å²) in [5.41, 5.74) is 10.2. The van der Waals surface area contributed by atoms with Crippen LogP contribution in [-0.2, 0) is 6.42 Å². The van der Waals surface area contributed by atoms with E-state index in [1.807, 2.05) is 0 Å². The smallest absolute Gasteiger partial charge is 0.00107 e. The molecule has 0 heteroatoms. The van der Waals surface area contributed by atoms with Gasteiger partial charge in [0.05, 0.1) is 0 Å². The van der Waals surface area contributed by atoms with Crippen LogP contribution in [0.25, 0.3) is 11.1 Å². The molecule has 0 fully saturated rings. The van der Waals surface area contributed by atoms with Crippen LogP contribution in [0, 0.1) is 20.8 Å². The van der Waals surface area contributed by atoms with E-state index in [0.717, 1.165) is 6.42 Å². The highest BCUT2D eigenvalue weighted by Crippen LogP contribution is 2.39. The number of hydrogen-bond acceptors (Lipinski definition) is 0. The topological polar surface area (TPSA) is 0 Å². The zero-order valence-electron chi connectivity index (χ0n) is 10.1. The second kappa shape index (κ2) is 3.21. The van der Waals surface area contributed by atoms with Crippen molar-refractivity contribution in [2.75, 3.05) is 0 Å². The molecule has 0 aliphatic heterocycles. The fourth-order valence-electron chi connectivity index (χ4n) is 2.73. The first-order valence-corrected chi connectivity index (χ1v) is 5.86. The minimum absolute atomic E-state index is 1.11. The molecular weight excluding hydrogens is 192 g/mol. The molecule has 0 atom stereocenters. The van der Waals surface area contributed by atoms with E-state index in [-0.39, 0.29) is 0 Å². The van der Waals surface area contributed by atoms with Crippen LogP contribution in [-0.4, -0.2) is 0 Å². The average molecular weight is 208 g/mol. The van der Waals surface area contributed by atoms with Gasteiger partial charge in [0.25, 0.3) is 0 Å². The lowest BCUT2D eigenvalue weighted by molar-refractivity contribution is 1.17. The molecule has 0 unspecified atom stereocenters. The van der Waals surface area contributed by atoms with Crippen molar-refractivity contribution in [3.63, 3.8) is 0 Å². The van der Waals surface area contributed by atoms with E-state index < -0.39 is 0 Å². The standard InChI is InChI=1S/C16H16/c1-10-8-16-14-7-5-4-6-13(14)9-15(16)12(3)11(10)2/h4-8H,9H2,1-3H3. The molecule has 1 aliphatic carbocycles. The van der Waals surface area contributed by atoms with Gasteiger partial charge in [0.1, 0.15) is 0 Å². The van der Waals surface area contributed by atoms with Gasteiger partial charge < -0.3 is 0 Å². The highest BCUT2D eigenvalue weighted by atomic mass is 14.2. The molecule has 0 amide bonds. The Morgan fingerprint density at radius 1 is 0.875 bits per heavy atom. The van der Waals surface area contributed by atoms with Crippen LogP contribution in [0.5, 0.6) is 0 Å². The normalized spacial score (nSPS) is 12.4. The maximum atomic E-state index is 2.35. The van der Waals surface area contributed by atoms with Crippen LogP contribution < -0.4 is 0 Å². The van der Waals surface area contributed by atoms with Crippen LogP contribution in [0.3, 0.4) is 0 Å². The molecule has 0 saturated heterocycles. The van der Waals surface area contributed by atoms with E-state index in [1.54, 1.807) is 0 Å². The van der Waals surface area contributed by atoms with Gasteiger partial charge in [-0.05, 0) is 66.1 Å². The predicted molar refractivity (Wildman–Crippen MR) is 68.9 cm³/mol. The Morgan fingerprint density at radius 3 is 2.44 bits per heavy atom. The van der Waals surface area contributed by atoms with Crippen molar-refractivity contribution in [1.29, 1.82) is 0 Å². The molecule has 0 heterocycles. The average Bonchev–Trinajstić information content (AvgIpc) is 2.65. The lowest BCUT2D eigenvalue weighted by Crippen LogP contribution is -1.93. The number of benzene rings is 2. The summed E-state index contributed by atoms with van der Waals surface area (Å²) >= 11 is 0. The zero-order chi connectivity index (χ0) is 11.3. The minimum Gasteiger partial charge on any atom is -0.0619 e. The van der Waals surface area contributed by atoms with Crippen LogP contribution in [0.15, 0.2) is 30.3 Å². The lowest BCUT2D eigenvalue weighted by Gasteiger charge is -2.11. The van der Waals surface area contributed by atoms with Gasteiger partial charge in [-0.3, -0.25) is 0 Å². The van der Waals surface area contributed by atoms with E-state index in [9.17, 15) is 0 Å². The van der Waals surface area contributed by atoms with Crippen LogP contribution in [0.1, 0.15) is 27.8 Å². The molecule has 1 aliphatic rings. The van der Waals surface area contributed by atoms with Crippen molar-refractivity contribution in [3.8, 4) is 11.1 Å². The number of aryl methyl sites for hydroxylation is 1. The molecule has 2 aromatic carbocycles. The van der Waals surface area contributed by atoms with Crippen LogP contribution in [0.2, 0.25) is 0 Å². The first-order valence-electron chi connectivity index (χ1n) is 5.86. The summed E-state index contributed by atoms with van der Waals surface area (Å²) in [4.78, 5) is 0. The second-order valence-electron chi connectivity index (χ2n) is 4.80. The maximum Gasteiger partial charge on any atom is -0.00107 e. The molecule has 0 spiro atoms. The van der Waals surface area contributed by atoms with Crippen LogP contribution in [0.4, 0.5) is 0 Å². The van der Waals surface area contributed by atoms with Gasteiger partial charge in [-0.2, -0.15) is 0 Å². The third-order valence-electron chi connectivity index (χ3n) is 3.97. The summed E-state index contributed by atoms with van der Waals surface area (Å²) in [5.74, 6) is 0. The molecule has 3 rings (SSSR count). The van der Waals surface area contributed by atoms with Crippen molar-refractivity contribution >= 4 is 0 Å². The Hall–Kier alpha value is -1.56. The van der Waals surface area contributed by atoms with Crippen molar-refractivity contribution in [2.24, 2.45) is 0 Å². The molecule has 0 N–H and O–H groups in total. The van der Waals surface area contributed by atoms with E-state index >= 15 is 0 Å². The fourth-order valence-corrected chi connectivity index (χ4v) is 2.73. The summed E-state index contributed by atoms with van der Waals surface area (Å²) in [6, 6.07) is 11.1. The number of fused-ring (bicyclic) bond motifs is 3. The Bertz CT molecular complexity index is 577. The lowest BCUT2D eigenvalue weighted by atomic mass is 9.94. The Kier molecular flexibility index (Phi) is 1.94. The largest absolute Gasteiger partial charge is 0.0619 e. The minimum atomic E-state index is 1.11. The second-order valence-corrected chi connectivity index (χ2v) is 4.80. The molecule has 0 nitrogen and oxygen atoms in total. The highest BCUT2D eigenvalue weighted by Gasteiger charge is 2.20. The van der Waals surface area contributed by atoms with E-state index in [0.29, 0.717) is 0 Å². The number of rotatable bonds is 0. The van der Waals surface area contributed by atoms with Gasteiger partial charge in [-0.15, -0.1) is 0 Å². The third-order valence-corrected chi connectivity index (χ3v) is 3.97. The van der Waals surface area contributed by atoms with E-state index in [1.165, 1.54) is 38.9 Å². The fraction of sp³-hybridized carbons (Fsp3) is 0.250. The van der Waals surface area contributed by atoms with Gasteiger partial charge in [0, 0.05) is 0 Å². The van der Waals surface area contributed by atoms with Crippen molar-refractivity contribution < 1.29 is 0 Å². The first-order chi connectivity index (χ1) is 7.68. The number of hydrogen-bond donors (Lipinski definition) is 0. The van der Waals surface area contributed by atoms with Crippen LogP contribution >= 0.6 is 0 Å². The Morgan fingerprint density at radius 2 is 1.62 bits per heavy atom. The molecule has 0 aromatic heterocycles. The molecule has 2 aromatic rings. The van der Waals surface area contributed by atoms with E-state index in [4.69, 9.17) is 0 Å². The molecule has 0 bridgehead atoms. The van der Waals surface area contributed by atoms with Crippen molar-refractivity contribution in [2.45, 2.75) is 27.2 Å². The predicted octanol–water partition coefficient (Wildman–Crippen LogP) is 4.18. The zero-order valence-corrected chi connectivity index (χ0v) is 10.1. The van der Waals surface area contributed by atoms with Crippen molar-refractivity contribution in [1.82, 2.24) is 0 Å². The monoisotopic (exact) mass is 208 g/mol. The van der Waals surface area contributed by atoms with Gasteiger partial charge in [0.2, 0.25) is 0 Å². The van der Waals surface area contributed by atoms with Gasteiger partial charge in [-0.1, -0.05) is 30.3 Å². The summed E-state index contributed by atoms with van der Waals surface area (Å²) in [7, 11) is 0. The summed E-state index contributed by atoms with van der Waals surface area (Å²) in [6.07, 6.45) is 1.11. The molecule has 0 saturated carbocycles. The Balaban J connectivity index is 2.34. The SMILES string of the molecule is Cc1cc2c(c(C)c1C)Cc1ccccc1-2. The molecule has 80 valence electrons. The first kappa shape index (κ1) is 9.65. The Labute approximate surface area is 96.9 Å². The van der Waals surface area contributed by atoms with Gasteiger partial charge in [0.15, 0.2) is 0 Å². The van der Waals surface area contributed by atoms with E-state index in [2.05, 4.69) is 51.1 Å². The van der Waals surface area contributed by atoms with Gasteiger partial charge in [-0.25, -0.2) is 0 Å².